The zero-order chi connectivity index (χ0) is 56.4. The number of ether oxygens (including phenoxy) is 4. The Morgan fingerprint density at radius 3 is 2.12 bits per heavy atom. The first-order valence-corrected chi connectivity index (χ1v) is 26.0. The number of rotatable bonds is 16. The van der Waals surface area contributed by atoms with Crippen molar-refractivity contribution in [2.75, 3.05) is 26.3 Å². The molecule has 398 valence electrons. The largest absolute Gasteiger partial charge is 0.493 e. The number of imidazole rings is 1. The summed E-state index contributed by atoms with van der Waals surface area (Å²) in [5.74, 6) is -1.12. The molecule has 32 heteroatoms. The number of nitriles is 1. The molecule has 0 unspecified atom stereocenters. The van der Waals surface area contributed by atoms with E-state index < -0.39 is 50.7 Å². The Bertz CT molecular complexity index is 3970. The zero-order valence-corrected chi connectivity index (χ0v) is 43.5. The average molecular weight is 1150 g/mol. The number of thiazole rings is 1. The van der Waals surface area contributed by atoms with Crippen molar-refractivity contribution in [3.05, 3.63) is 113 Å². The van der Waals surface area contributed by atoms with Crippen molar-refractivity contribution < 1.29 is 77.0 Å². The third-order valence-corrected chi connectivity index (χ3v) is 10.4. The second-order valence-corrected chi connectivity index (χ2v) is 18.2. The van der Waals surface area contributed by atoms with Crippen LogP contribution in [0.2, 0.25) is 5.02 Å². The van der Waals surface area contributed by atoms with Crippen molar-refractivity contribution in [2.45, 2.75) is 13.8 Å². The lowest BCUT2D eigenvalue weighted by Crippen LogP contribution is -2.09. The van der Waals surface area contributed by atoms with Crippen LogP contribution >= 0.6 is 22.9 Å². The number of hydrogen-bond acceptors (Lipinski definition) is 25. The number of carboxylic acid groups (broad SMARTS) is 1. The lowest BCUT2D eigenvalue weighted by Gasteiger charge is -2.12. The van der Waals surface area contributed by atoms with Crippen LogP contribution in [0.5, 0.6) is 23.1 Å². The third-order valence-electron chi connectivity index (χ3n) is 9.37. The van der Waals surface area contributed by atoms with Gasteiger partial charge in [0.15, 0.2) is 28.7 Å². The predicted molar refractivity (Wildman–Crippen MR) is 273 cm³/mol. The van der Waals surface area contributed by atoms with Crippen molar-refractivity contribution >= 4 is 127 Å². The smallest absolute Gasteiger partial charge is 0.425 e. The number of azo groups is 3. The van der Waals surface area contributed by atoms with Gasteiger partial charge in [0.1, 0.15) is 40.2 Å². The van der Waals surface area contributed by atoms with Crippen LogP contribution in [0.15, 0.2) is 128 Å². The number of carbonyl (C=O) groups excluding carboxylic acids is 1. The molecule has 0 saturated heterocycles. The molecular weight excluding hydrogens is 1120 g/mol. The highest BCUT2D eigenvalue weighted by Crippen LogP contribution is 2.45. The Labute approximate surface area is 445 Å². The number of carboxylic acids is 1. The molecule has 3 aromatic heterocycles. The molecule has 77 heavy (non-hydrogen) atoms. The number of aromatic hydroxyl groups is 1. The Morgan fingerprint density at radius 1 is 0.831 bits per heavy atom. The molecule has 0 amide bonds. The maximum Gasteiger partial charge on any atom is 0.425 e. The van der Waals surface area contributed by atoms with Gasteiger partial charge in [-0.15, -0.1) is 55.9 Å². The minimum Gasteiger partial charge on any atom is -0.493 e. The molecule has 3 heterocycles. The fourth-order valence-electron chi connectivity index (χ4n) is 6.53. The number of fused-ring (bicyclic) bond motifs is 4. The molecule has 0 radical (unpaired) electrons. The van der Waals surface area contributed by atoms with Gasteiger partial charge in [0.25, 0.3) is 16.6 Å². The Hall–Kier alpha value is -9.19. The molecule has 0 aliphatic carbocycles. The fourth-order valence-corrected chi connectivity index (χ4v) is 7.45. The fraction of sp³-hybridized carbons (Fsp3) is 0.133. The topological polar surface area (TPSA) is 396 Å². The first-order chi connectivity index (χ1) is 36.6. The lowest BCUT2D eigenvalue weighted by atomic mass is 10.1. The van der Waals surface area contributed by atoms with Gasteiger partial charge in [-0.1, -0.05) is 65.4 Å². The molecule has 8 aromatic rings. The van der Waals surface area contributed by atoms with E-state index in [0.29, 0.717) is 50.9 Å². The molecule has 0 fully saturated rings. The molecule has 0 atom stereocenters. The van der Waals surface area contributed by atoms with Crippen molar-refractivity contribution in [1.82, 2.24) is 14.4 Å². The van der Waals surface area contributed by atoms with E-state index in [1.54, 1.807) is 49.4 Å². The Kier molecular flexibility index (Phi) is 20.9. The molecule has 0 spiro atoms. The van der Waals surface area contributed by atoms with Crippen molar-refractivity contribution in [3.63, 3.8) is 0 Å². The summed E-state index contributed by atoms with van der Waals surface area (Å²) >= 11 is 7.43. The molecule has 0 aliphatic heterocycles. The molecule has 8 rings (SSSR count). The second-order valence-electron chi connectivity index (χ2n) is 14.5. The number of pyridine rings is 1. The van der Waals surface area contributed by atoms with E-state index in [1.807, 2.05) is 49.4 Å². The van der Waals surface area contributed by atoms with Gasteiger partial charge in [-0.3, -0.25) is 13.7 Å². The number of halogens is 1. The van der Waals surface area contributed by atoms with Gasteiger partial charge < -0.3 is 29.2 Å². The third kappa shape index (κ3) is 16.9. The summed E-state index contributed by atoms with van der Waals surface area (Å²) in [6, 6.07) is 30.1. The average Bonchev–Trinajstić information content (AvgIpc) is 4.07. The number of aromatic nitrogens is 3. The standard InChI is InChI=1S/C44H31ClN10O8S.CH4O3S.2O3S/c1-3-61-35-13-7-8-25-14-15-28(17-29(25)35)49-53-42-40(26-9-6-10-27(45)16-26)48-44(64-42)54-51-33-18-36(62-21-38(57)58)32(19-37(33)63-23-60-22-56)50-52-39-24(2)30(20-46)41-47-31-11-4-5-12-34(31)55(41)43(39)59;1-5(2,3)4;2*1-4(2)3/h4-19,22,59H,3,21,23H2,1-2H3,(H,57,58);1H3,(H,2,3,4);;. The van der Waals surface area contributed by atoms with Crippen molar-refractivity contribution in [3.8, 4) is 40.5 Å². The molecular formula is C45H35ClN10O17S4. The zero-order valence-electron chi connectivity index (χ0n) is 39.5. The summed E-state index contributed by atoms with van der Waals surface area (Å²) in [4.78, 5) is 31.9. The van der Waals surface area contributed by atoms with Crippen LogP contribution in [-0.4, -0.2) is 102 Å². The molecule has 0 bridgehead atoms. The highest BCUT2D eigenvalue weighted by molar-refractivity contribution is 7.85. The van der Waals surface area contributed by atoms with Gasteiger partial charge in [0.2, 0.25) is 17.8 Å². The minimum absolute atomic E-state index is 0.0186. The quantitative estimate of drug-likeness (QED) is 0.0266. The molecule has 27 nitrogen and oxygen atoms in total. The first kappa shape index (κ1) is 58.7. The number of nitrogens with zero attached hydrogens (tertiary/aromatic N) is 10. The highest BCUT2D eigenvalue weighted by Gasteiger charge is 2.22. The molecule has 5 aromatic carbocycles. The van der Waals surface area contributed by atoms with Crippen molar-refractivity contribution in [2.24, 2.45) is 30.7 Å². The van der Waals surface area contributed by atoms with E-state index in [0.717, 1.165) is 27.9 Å². The van der Waals surface area contributed by atoms with Crippen LogP contribution < -0.4 is 14.2 Å². The van der Waals surface area contributed by atoms with E-state index in [1.165, 1.54) is 16.5 Å². The number of carbonyl (C=O) groups is 2. The molecule has 3 N–H and O–H groups in total. The second kappa shape index (κ2) is 27.4. The summed E-state index contributed by atoms with van der Waals surface area (Å²) in [7, 11) is -9.89. The van der Waals surface area contributed by atoms with E-state index in [9.17, 15) is 33.5 Å². The minimum atomic E-state index is -3.67. The first-order valence-electron chi connectivity index (χ1n) is 21.0. The van der Waals surface area contributed by atoms with Crippen LogP contribution in [0.25, 0.3) is 38.7 Å². The van der Waals surface area contributed by atoms with Crippen LogP contribution in [0.1, 0.15) is 18.1 Å². The van der Waals surface area contributed by atoms with Crippen LogP contribution in [0, 0.1) is 18.3 Å². The highest BCUT2D eigenvalue weighted by atomic mass is 35.5. The van der Waals surface area contributed by atoms with Gasteiger partial charge in [0.05, 0.1) is 29.6 Å². The van der Waals surface area contributed by atoms with Crippen LogP contribution in [-0.2, 0) is 45.7 Å². The SMILES string of the molecule is CCOc1cccc2ccc(N=Nc3sc(N=Nc4cc(OCC(=O)O)c(N=Nc5c(C)c(C#N)c6nc7ccccc7n6c5O)cc4OCOC=O)nc3-c3cccc(Cl)c3)cc12.CS(=O)(=O)O.O=S(=O)=O.O=S(=O)=O. The van der Waals surface area contributed by atoms with Crippen LogP contribution in [0.4, 0.5) is 32.9 Å². The van der Waals surface area contributed by atoms with Gasteiger partial charge in [-0.25, -0.2) is 14.8 Å². The summed E-state index contributed by atoms with van der Waals surface area (Å²) in [6.45, 7) is 2.81. The normalized spacial score (nSPS) is 11.0. The summed E-state index contributed by atoms with van der Waals surface area (Å²) < 4.78 is 99.8. The number of para-hydroxylation sites is 2. The van der Waals surface area contributed by atoms with Gasteiger partial charge in [-0.2, -0.15) is 13.7 Å². The van der Waals surface area contributed by atoms with E-state index in [2.05, 4.69) is 41.7 Å². The number of hydrogen-bond donors (Lipinski definition) is 3. The van der Waals surface area contributed by atoms with E-state index >= 15 is 0 Å². The summed E-state index contributed by atoms with van der Waals surface area (Å²) in [6.07, 6.45) is 0.715. The predicted octanol–water partition coefficient (Wildman–Crippen LogP) is 9.42. The number of benzene rings is 5. The number of aliphatic carboxylic acids is 1. The molecule has 0 saturated carbocycles. The van der Waals surface area contributed by atoms with E-state index in [4.69, 9.17) is 65.3 Å². The van der Waals surface area contributed by atoms with Crippen molar-refractivity contribution in [1.29, 1.82) is 5.26 Å². The Balaban J connectivity index is 0.000000756. The van der Waals surface area contributed by atoms with Gasteiger partial charge >= 0.3 is 27.2 Å². The summed E-state index contributed by atoms with van der Waals surface area (Å²) in [5, 5.41) is 60.3. The molecule has 0 aliphatic rings. The monoisotopic (exact) mass is 1150 g/mol. The van der Waals surface area contributed by atoms with Gasteiger partial charge in [-0.05, 0) is 61.7 Å². The summed E-state index contributed by atoms with van der Waals surface area (Å²) in [5.41, 5.74) is 3.12. The van der Waals surface area contributed by atoms with E-state index in [-0.39, 0.29) is 62.8 Å². The lowest BCUT2D eigenvalue weighted by molar-refractivity contribution is -0.139. The maximum atomic E-state index is 11.7. The van der Waals surface area contributed by atoms with Crippen LogP contribution in [0.3, 0.4) is 0 Å². The maximum absolute atomic E-state index is 11.7. The Morgan fingerprint density at radius 2 is 1.48 bits per heavy atom. The van der Waals surface area contributed by atoms with Gasteiger partial charge in [0, 0.05) is 33.7 Å².